The molecule has 1 aromatic rings. The minimum atomic E-state index is -0.772. The van der Waals surface area contributed by atoms with E-state index in [2.05, 4.69) is 0 Å². The number of esters is 2. The van der Waals surface area contributed by atoms with E-state index in [1.165, 1.54) is 0 Å². The molecule has 2 bridgehead atoms. The molecule has 3 atom stereocenters. The fourth-order valence-corrected chi connectivity index (χ4v) is 4.40. The summed E-state index contributed by atoms with van der Waals surface area (Å²) in [7, 11) is 0. The van der Waals surface area contributed by atoms with Crippen molar-refractivity contribution < 1.29 is 19.4 Å². The van der Waals surface area contributed by atoms with Crippen molar-refractivity contribution in [3.8, 4) is 0 Å². The average molecular weight is 302 g/mol. The molecular formula is C18H22O4. The number of carbonyl (C=O) groups excluding carboxylic acids is 2. The number of carbonyl (C=O) groups is 2. The molecule has 4 nitrogen and oxygen atoms in total. The number of fused-ring (bicyclic) bond motifs is 2. The summed E-state index contributed by atoms with van der Waals surface area (Å²) in [5, 5.41) is 10.4. The molecule has 1 N–H and O–H groups in total. The van der Waals surface area contributed by atoms with Crippen LogP contribution in [0.1, 0.15) is 50.4 Å². The Kier molecular flexibility index (Phi) is 3.22. The van der Waals surface area contributed by atoms with Crippen LogP contribution >= 0.6 is 0 Å². The highest BCUT2D eigenvalue weighted by Gasteiger charge is 2.73. The van der Waals surface area contributed by atoms with Crippen LogP contribution in [0, 0.1) is 16.2 Å². The van der Waals surface area contributed by atoms with Gasteiger partial charge in [-0.05, 0) is 42.2 Å². The largest absolute Gasteiger partial charge is 0.393 e. The Morgan fingerprint density at radius 3 is 2.27 bits per heavy atom. The van der Waals surface area contributed by atoms with Gasteiger partial charge in [0.05, 0.1) is 17.1 Å². The Labute approximate surface area is 130 Å². The molecular weight excluding hydrogens is 280 g/mol. The number of hydrogen-bond acceptors (Lipinski definition) is 4. The van der Waals surface area contributed by atoms with Crippen LogP contribution in [0.25, 0.3) is 0 Å². The van der Waals surface area contributed by atoms with Gasteiger partial charge in [0.15, 0.2) is 0 Å². The molecule has 3 rings (SSSR count). The Hall–Kier alpha value is -1.68. The van der Waals surface area contributed by atoms with E-state index in [1.54, 1.807) is 30.3 Å². The first-order chi connectivity index (χ1) is 10.2. The molecule has 0 saturated heterocycles. The summed E-state index contributed by atoms with van der Waals surface area (Å²) in [6.07, 6.45) is 1.28. The van der Waals surface area contributed by atoms with Crippen molar-refractivity contribution in [1.29, 1.82) is 0 Å². The van der Waals surface area contributed by atoms with Crippen LogP contribution in [-0.2, 0) is 9.53 Å². The lowest BCUT2D eigenvalue weighted by molar-refractivity contribution is -0.155. The van der Waals surface area contributed by atoms with E-state index in [1.807, 2.05) is 20.8 Å². The molecule has 22 heavy (non-hydrogen) atoms. The van der Waals surface area contributed by atoms with Gasteiger partial charge in [0.25, 0.3) is 0 Å². The standard InChI is InChI=1S/C18H22O4/c1-16(2)17(3)9-10-18(16,11-13(17)19)15(21)22-14(20)12-7-5-4-6-8-12/h4-8,13,19H,9-11H2,1-3H3. The summed E-state index contributed by atoms with van der Waals surface area (Å²) >= 11 is 0. The molecule has 0 heterocycles. The van der Waals surface area contributed by atoms with Gasteiger partial charge in [-0.3, -0.25) is 4.79 Å². The van der Waals surface area contributed by atoms with Crippen molar-refractivity contribution in [3.63, 3.8) is 0 Å². The fraction of sp³-hybridized carbons (Fsp3) is 0.556. The van der Waals surface area contributed by atoms with Crippen LogP contribution in [0.5, 0.6) is 0 Å². The van der Waals surface area contributed by atoms with Gasteiger partial charge in [-0.1, -0.05) is 39.0 Å². The predicted octanol–water partition coefficient (Wildman–Crippen LogP) is 2.95. The highest BCUT2D eigenvalue weighted by Crippen LogP contribution is 2.72. The van der Waals surface area contributed by atoms with Gasteiger partial charge in [-0.15, -0.1) is 0 Å². The Bertz CT molecular complexity index is 621. The van der Waals surface area contributed by atoms with Crippen molar-refractivity contribution in [1.82, 2.24) is 0 Å². The van der Waals surface area contributed by atoms with Gasteiger partial charge < -0.3 is 9.84 Å². The number of aliphatic hydroxyl groups excluding tert-OH is 1. The molecule has 0 spiro atoms. The van der Waals surface area contributed by atoms with Crippen LogP contribution < -0.4 is 0 Å². The maximum Gasteiger partial charge on any atom is 0.345 e. The van der Waals surface area contributed by atoms with Gasteiger partial charge in [-0.2, -0.15) is 0 Å². The smallest absolute Gasteiger partial charge is 0.345 e. The lowest BCUT2D eigenvalue weighted by Gasteiger charge is -2.39. The second kappa shape index (κ2) is 4.66. The molecule has 0 aliphatic heterocycles. The minimum Gasteiger partial charge on any atom is -0.393 e. The van der Waals surface area contributed by atoms with Crippen LogP contribution in [0.4, 0.5) is 0 Å². The number of rotatable bonds is 2. The van der Waals surface area contributed by atoms with E-state index >= 15 is 0 Å². The molecule has 0 aromatic heterocycles. The molecule has 2 saturated carbocycles. The molecule has 0 radical (unpaired) electrons. The molecule has 2 aliphatic carbocycles. The molecule has 3 unspecified atom stereocenters. The zero-order chi connectivity index (χ0) is 16.2. The maximum absolute atomic E-state index is 12.8. The highest BCUT2D eigenvalue weighted by molar-refractivity contribution is 5.98. The van der Waals surface area contributed by atoms with Gasteiger partial charge in [0.1, 0.15) is 0 Å². The van der Waals surface area contributed by atoms with Crippen LogP contribution in [-0.4, -0.2) is 23.1 Å². The van der Waals surface area contributed by atoms with Gasteiger partial charge in [-0.25, -0.2) is 4.79 Å². The van der Waals surface area contributed by atoms with Crippen molar-refractivity contribution in [3.05, 3.63) is 35.9 Å². The third-order valence-electron chi connectivity index (χ3n) is 6.56. The van der Waals surface area contributed by atoms with Gasteiger partial charge in [0.2, 0.25) is 0 Å². The molecule has 2 fully saturated rings. The summed E-state index contributed by atoms with van der Waals surface area (Å²) in [6, 6.07) is 8.52. The quantitative estimate of drug-likeness (QED) is 0.674. The normalized spacial score (nSPS) is 35.4. The van der Waals surface area contributed by atoms with Crippen molar-refractivity contribution in [2.24, 2.45) is 16.2 Å². The SMILES string of the molecule is CC12CCC(C(=O)OC(=O)c3ccccc3)(CC1O)C2(C)C. The van der Waals surface area contributed by atoms with E-state index in [0.717, 1.165) is 6.42 Å². The maximum atomic E-state index is 12.8. The van der Waals surface area contributed by atoms with Gasteiger partial charge >= 0.3 is 11.9 Å². The third-order valence-corrected chi connectivity index (χ3v) is 6.56. The monoisotopic (exact) mass is 302 g/mol. The van der Waals surface area contributed by atoms with E-state index in [0.29, 0.717) is 18.4 Å². The lowest BCUT2D eigenvalue weighted by Crippen LogP contribution is -2.42. The van der Waals surface area contributed by atoms with Crippen LogP contribution in [0.3, 0.4) is 0 Å². The highest BCUT2D eigenvalue weighted by atomic mass is 16.6. The van der Waals surface area contributed by atoms with Gasteiger partial charge in [0, 0.05) is 0 Å². The summed E-state index contributed by atoms with van der Waals surface area (Å²) in [5.74, 6) is -1.11. The fourth-order valence-electron chi connectivity index (χ4n) is 4.40. The molecule has 118 valence electrons. The lowest BCUT2D eigenvalue weighted by atomic mass is 9.65. The topological polar surface area (TPSA) is 63.6 Å². The average Bonchev–Trinajstić information content (AvgIpc) is 2.78. The molecule has 2 aliphatic rings. The summed E-state index contributed by atoms with van der Waals surface area (Å²) < 4.78 is 5.18. The van der Waals surface area contributed by atoms with E-state index in [4.69, 9.17) is 4.74 Å². The van der Waals surface area contributed by atoms with Crippen molar-refractivity contribution >= 4 is 11.9 Å². The Morgan fingerprint density at radius 2 is 1.77 bits per heavy atom. The number of aliphatic hydroxyl groups is 1. The zero-order valence-electron chi connectivity index (χ0n) is 13.3. The van der Waals surface area contributed by atoms with E-state index < -0.39 is 28.9 Å². The van der Waals surface area contributed by atoms with Crippen molar-refractivity contribution in [2.45, 2.75) is 46.1 Å². The number of ether oxygens (including phenoxy) is 1. The van der Waals surface area contributed by atoms with Crippen LogP contribution in [0.2, 0.25) is 0 Å². The summed E-state index contributed by atoms with van der Waals surface area (Å²) in [4.78, 5) is 24.9. The van der Waals surface area contributed by atoms with Crippen LogP contribution in [0.15, 0.2) is 30.3 Å². The van der Waals surface area contributed by atoms with Crippen molar-refractivity contribution in [2.75, 3.05) is 0 Å². The van der Waals surface area contributed by atoms with E-state index in [9.17, 15) is 14.7 Å². The number of benzene rings is 1. The third kappa shape index (κ3) is 1.73. The number of hydrogen-bond donors (Lipinski definition) is 1. The minimum absolute atomic E-state index is 0.304. The molecule has 1 aromatic carbocycles. The summed E-state index contributed by atoms with van der Waals surface area (Å²) in [5.41, 5.74) is -1.11. The second-order valence-corrected chi connectivity index (χ2v) is 7.39. The Balaban J connectivity index is 1.86. The first-order valence-electron chi connectivity index (χ1n) is 7.74. The first-order valence-corrected chi connectivity index (χ1v) is 7.74. The Morgan fingerprint density at radius 1 is 1.14 bits per heavy atom. The molecule has 0 amide bonds. The summed E-state index contributed by atoms with van der Waals surface area (Å²) in [6.45, 7) is 6.04. The van der Waals surface area contributed by atoms with E-state index in [-0.39, 0.29) is 5.41 Å². The predicted molar refractivity (Wildman–Crippen MR) is 81.0 cm³/mol. The molecule has 4 heteroatoms. The zero-order valence-corrected chi connectivity index (χ0v) is 13.3. The first kappa shape index (κ1) is 15.2. The second-order valence-electron chi connectivity index (χ2n) is 7.39.